The number of nitrogens with zero attached hydrogens (tertiary/aromatic N) is 2. The van der Waals surface area contributed by atoms with Gasteiger partial charge in [0.2, 0.25) is 0 Å². The van der Waals surface area contributed by atoms with E-state index in [1.54, 1.807) is 12.5 Å². The molecule has 1 rings (SSSR count). The van der Waals surface area contributed by atoms with E-state index in [1.807, 2.05) is 6.07 Å². The second-order valence-corrected chi connectivity index (χ2v) is 3.43. The molecule has 14 heavy (non-hydrogen) atoms. The monoisotopic (exact) mass is 193 g/mol. The third-order valence-corrected chi connectivity index (χ3v) is 2.18. The molecular formula is C11H19N3. The molecule has 1 heterocycles. The van der Waals surface area contributed by atoms with Crippen LogP contribution < -0.4 is 5.32 Å². The molecule has 1 aromatic rings. The molecule has 0 aromatic carbocycles. The molecule has 3 heteroatoms. The summed E-state index contributed by atoms with van der Waals surface area (Å²) in [5.41, 5.74) is 1.11. The number of aromatic nitrogens is 2. The molecule has 1 atom stereocenters. The molecule has 0 amide bonds. The highest BCUT2D eigenvalue weighted by atomic mass is 14.9. The van der Waals surface area contributed by atoms with Crippen molar-refractivity contribution in [2.75, 3.05) is 6.54 Å². The predicted octanol–water partition coefficient (Wildman–Crippen LogP) is 2.32. The minimum absolute atomic E-state index is 0.392. The summed E-state index contributed by atoms with van der Waals surface area (Å²) in [6.45, 7) is 5.42. The molecule has 0 saturated heterocycles. The van der Waals surface area contributed by atoms with Gasteiger partial charge in [0.15, 0.2) is 0 Å². The second-order valence-electron chi connectivity index (χ2n) is 3.43. The van der Waals surface area contributed by atoms with Gasteiger partial charge in [0, 0.05) is 12.2 Å². The van der Waals surface area contributed by atoms with Crippen molar-refractivity contribution >= 4 is 0 Å². The molecule has 1 aromatic heterocycles. The largest absolute Gasteiger partial charge is 0.309 e. The fraction of sp³-hybridized carbons (Fsp3) is 0.636. The van der Waals surface area contributed by atoms with E-state index < -0.39 is 0 Å². The van der Waals surface area contributed by atoms with Crippen LogP contribution in [0.1, 0.15) is 44.8 Å². The molecule has 0 radical (unpaired) electrons. The van der Waals surface area contributed by atoms with Crippen molar-refractivity contribution in [3.63, 3.8) is 0 Å². The Balaban J connectivity index is 2.58. The topological polar surface area (TPSA) is 37.8 Å². The Bertz CT molecular complexity index is 236. The van der Waals surface area contributed by atoms with Crippen molar-refractivity contribution in [3.05, 3.63) is 24.3 Å². The molecule has 78 valence electrons. The Morgan fingerprint density at radius 3 is 2.79 bits per heavy atom. The third kappa shape index (κ3) is 3.42. The van der Waals surface area contributed by atoms with Gasteiger partial charge in [-0.1, -0.05) is 20.3 Å². The quantitative estimate of drug-likeness (QED) is 0.753. The maximum atomic E-state index is 4.28. The van der Waals surface area contributed by atoms with Crippen molar-refractivity contribution in [1.82, 2.24) is 15.3 Å². The van der Waals surface area contributed by atoms with Crippen molar-refractivity contribution < 1.29 is 0 Å². The van der Waals surface area contributed by atoms with E-state index >= 15 is 0 Å². The fourth-order valence-electron chi connectivity index (χ4n) is 1.47. The molecule has 0 spiro atoms. The normalized spacial score (nSPS) is 12.7. The van der Waals surface area contributed by atoms with Gasteiger partial charge in [-0.05, 0) is 25.5 Å². The zero-order chi connectivity index (χ0) is 10.2. The molecule has 0 saturated carbocycles. The molecule has 0 fully saturated rings. The van der Waals surface area contributed by atoms with Crippen LogP contribution in [0.25, 0.3) is 0 Å². The van der Waals surface area contributed by atoms with Crippen LogP contribution in [0.4, 0.5) is 0 Å². The highest BCUT2D eigenvalue weighted by Gasteiger charge is 2.09. The van der Waals surface area contributed by atoms with E-state index in [1.165, 1.54) is 6.42 Å². The molecule has 0 aliphatic carbocycles. The van der Waals surface area contributed by atoms with Crippen LogP contribution in [-0.2, 0) is 0 Å². The van der Waals surface area contributed by atoms with E-state index in [-0.39, 0.29) is 0 Å². The Labute approximate surface area is 86.0 Å². The highest BCUT2D eigenvalue weighted by Crippen LogP contribution is 2.14. The van der Waals surface area contributed by atoms with E-state index in [2.05, 4.69) is 29.1 Å². The van der Waals surface area contributed by atoms with Crippen molar-refractivity contribution in [2.24, 2.45) is 0 Å². The molecule has 0 aliphatic heterocycles. The van der Waals surface area contributed by atoms with Crippen molar-refractivity contribution in [3.8, 4) is 0 Å². The zero-order valence-electron chi connectivity index (χ0n) is 9.03. The number of nitrogens with one attached hydrogen (secondary N) is 1. The van der Waals surface area contributed by atoms with Crippen LogP contribution in [0.2, 0.25) is 0 Å². The molecular weight excluding hydrogens is 174 g/mol. The molecule has 1 unspecified atom stereocenters. The number of hydrogen-bond donors (Lipinski definition) is 1. The first-order valence-corrected chi connectivity index (χ1v) is 5.37. The SMILES string of the molecule is CCCNC(CCC)c1ccncn1. The van der Waals surface area contributed by atoms with Gasteiger partial charge in [-0.3, -0.25) is 0 Å². The van der Waals surface area contributed by atoms with E-state index in [0.717, 1.165) is 25.1 Å². The van der Waals surface area contributed by atoms with Gasteiger partial charge in [0.25, 0.3) is 0 Å². The van der Waals surface area contributed by atoms with Crippen LogP contribution in [0.15, 0.2) is 18.6 Å². The fourth-order valence-corrected chi connectivity index (χ4v) is 1.47. The molecule has 1 N–H and O–H groups in total. The summed E-state index contributed by atoms with van der Waals surface area (Å²) in [7, 11) is 0. The minimum atomic E-state index is 0.392. The van der Waals surface area contributed by atoms with Crippen molar-refractivity contribution in [2.45, 2.75) is 39.2 Å². The van der Waals surface area contributed by atoms with Gasteiger partial charge in [0.05, 0.1) is 5.69 Å². The predicted molar refractivity (Wildman–Crippen MR) is 58.0 cm³/mol. The smallest absolute Gasteiger partial charge is 0.115 e. The second kappa shape index (κ2) is 6.49. The Morgan fingerprint density at radius 1 is 1.36 bits per heavy atom. The van der Waals surface area contributed by atoms with E-state index in [4.69, 9.17) is 0 Å². The van der Waals surface area contributed by atoms with Gasteiger partial charge >= 0.3 is 0 Å². The lowest BCUT2D eigenvalue weighted by Gasteiger charge is -2.16. The van der Waals surface area contributed by atoms with Gasteiger partial charge in [-0.25, -0.2) is 9.97 Å². The Hall–Kier alpha value is -0.960. The lowest BCUT2D eigenvalue weighted by atomic mass is 10.1. The summed E-state index contributed by atoms with van der Waals surface area (Å²) < 4.78 is 0. The summed E-state index contributed by atoms with van der Waals surface area (Å²) in [4.78, 5) is 8.21. The van der Waals surface area contributed by atoms with Crippen LogP contribution in [0.5, 0.6) is 0 Å². The van der Waals surface area contributed by atoms with Crippen LogP contribution >= 0.6 is 0 Å². The lowest BCUT2D eigenvalue weighted by Crippen LogP contribution is -2.22. The summed E-state index contributed by atoms with van der Waals surface area (Å²) in [6, 6.07) is 2.38. The van der Waals surface area contributed by atoms with E-state index in [0.29, 0.717) is 6.04 Å². The van der Waals surface area contributed by atoms with Gasteiger partial charge in [-0.15, -0.1) is 0 Å². The number of hydrogen-bond acceptors (Lipinski definition) is 3. The Morgan fingerprint density at radius 2 is 2.21 bits per heavy atom. The first kappa shape index (κ1) is 11.1. The zero-order valence-corrected chi connectivity index (χ0v) is 9.03. The number of rotatable bonds is 6. The lowest BCUT2D eigenvalue weighted by molar-refractivity contribution is 0.483. The maximum absolute atomic E-state index is 4.28. The van der Waals surface area contributed by atoms with Crippen LogP contribution in [-0.4, -0.2) is 16.5 Å². The third-order valence-electron chi connectivity index (χ3n) is 2.18. The molecule has 0 bridgehead atoms. The summed E-state index contributed by atoms with van der Waals surface area (Å²) in [5, 5.41) is 3.50. The average Bonchev–Trinajstić information content (AvgIpc) is 2.25. The summed E-state index contributed by atoms with van der Waals surface area (Å²) in [5.74, 6) is 0. The molecule has 3 nitrogen and oxygen atoms in total. The summed E-state index contributed by atoms with van der Waals surface area (Å²) in [6.07, 6.45) is 6.89. The van der Waals surface area contributed by atoms with Crippen LogP contribution in [0, 0.1) is 0 Å². The first-order chi connectivity index (χ1) is 6.88. The summed E-state index contributed by atoms with van der Waals surface area (Å²) >= 11 is 0. The standard InChI is InChI=1S/C11H19N3/c1-3-5-10(13-7-4-2)11-6-8-12-9-14-11/h6,8-10,13H,3-5,7H2,1-2H3. The van der Waals surface area contributed by atoms with Gasteiger partial charge in [0.1, 0.15) is 6.33 Å². The minimum Gasteiger partial charge on any atom is -0.309 e. The van der Waals surface area contributed by atoms with Gasteiger partial charge < -0.3 is 5.32 Å². The Kier molecular flexibility index (Phi) is 5.15. The molecule has 0 aliphatic rings. The average molecular weight is 193 g/mol. The first-order valence-electron chi connectivity index (χ1n) is 5.37. The van der Waals surface area contributed by atoms with Gasteiger partial charge in [-0.2, -0.15) is 0 Å². The van der Waals surface area contributed by atoms with E-state index in [9.17, 15) is 0 Å². The van der Waals surface area contributed by atoms with Crippen molar-refractivity contribution in [1.29, 1.82) is 0 Å². The highest BCUT2D eigenvalue weighted by molar-refractivity contribution is 5.04. The van der Waals surface area contributed by atoms with Crippen LogP contribution in [0.3, 0.4) is 0 Å². The maximum Gasteiger partial charge on any atom is 0.115 e.